The molecule has 3 heteroatoms. The van der Waals surface area contributed by atoms with Gasteiger partial charge in [0, 0.05) is 0 Å². The van der Waals surface area contributed by atoms with Gasteiger partial charge in [0.25, 0.3) is 0 Å². The van der Waals surface area contributed by atoms with Crippen molar-refractivity contribution in [3.63, 3.8) is 0 Å². The van der Waals surface area contributed by atoms with Crippen molar-refractivity contribution in [1.29, 1.82) is 0 Å². The first kappa shape index (κ1) is 18.4. The van der Waals surface area contributed by atoms with Gasteiger partial charge in [-0.3, -0.25) is 0 Å². The summed E-state index contributed by atoms with van der Waals surface area (Å²) in [6.07, 6.45) is 5.40. The van der Waals surface area contributed by atoms with Crippen LogP contribution >= 0.6 is 0 Å². The Morgan fingerprint density at radius 1 is 1.19 bits per heavy atom. The van der Waals surface area contributed by atoms with Crippen LogP contribution in [0.2, 0.25) is 13.8 Å². The maximum absolute atomic E-state index is 5.60. The van der Waals surface area contributed by atoms with Gasteiger partial charge in [-0.05, 0) is 0 Å². The Balaban J connectivity index is 2.89. The molecule has 0 unspecified atom stereocenters. The van der Waals surface area contributed by atoms with Gasteiger partial charge in [-0.1, -0.05) is 0 Å². The van der Waals surface area contributed by atoms with Crippen LogP contribution in [0.1, 0.15) is 45.1 Å². The summed E-state index contributed by atoms with van der Waals surface area (Å²) in [5.74, 6) is 0.545. The van der Waals surface area contributed by atoms with Gasteiger partial charge in [-0.15, -0.1) is 0 Å². The molecule has 0 fully saturated rings. The first-order chi connectivity index (χ1) is 10.0. The summed E-state index contributed by atoms with van der Waals surface area (Å²) in [7, 11) is 0. The van der Waals surface area contributed by atoms with E-state index in [0.717, 1.165) is 6.54 Å². The van der Waals surface area contributed by atoms with Crippen molar-refractivity contribution in [2.75, 3.05) is 0 Å². The van der Waals surface area contributed by atoms with Crippen LogP contribution < -0.4 is 14.6 Å². The van der Waals surface area contributed by atoms with E-state index in [4.69, 9.17) is 5.73 Å². The zero-order chi connectivity index (χ0) is 15.7. The molecule has 0 saturated carbocycles. The summed E-state index contributed by atoms with van der Waals surface area (Å²) in [6, 6.07) is 9.21. The Hall–Kier alpha value is -0.641. The van der Waals surface area contributed by atoms with Crippen LogP contribution in [0, 0.1) is 0 Å². The van der Waals surface area contributed by atoms with Crippen molar-refractivity contribution in [3.05, 3.63) is 42.2 Å². The van der Waals surface area contributed by atoms with Crippen molar-refractivity contribution in [3.8, 4) is 0 Å². The Morgan fingerprint density at radius 2 is 1.81 bits per heavy atom. The Morgan fingerprint density at radius 3 is 2.33 bits per heavy atom. The predicted molar refractivity (Wildman–Crippen MR) is 97.3 cm³/mol. The number of nitrogens with one attached hydrogen (secondary N) is 1. The van der Waals surface area contributed by atoms with Crippen LogP contribution in [0.5, 0.6) is 0 Å². The van der Waals surface area contributed by atoms with E-state index in [1.54, 1.807) is 3.58 Å². The predicted octanol–water partition coefficient (Wildman–Crippen LogP) is 4.09. The fourth-order valence-electron chi connectivity index (χ4n) is 2.82. The summed E-state index contributed by atoms with van der Waals surface area (Å²) in [4.78, 5) is 2.63. The third-order valence-electron chi connectivity index (χ3n) is 4.31. The Kier molecular flexibility index (Phi) is 8.23. The normalized spacial score (nSPS) is 11.4. The summed E-state index contributed by atoms with van der Waals surface area (Å²) >= 11 is -2.17. The summed E-state index contributed by atoms with van der Waals surface area (Å²) in [5, 5.41) is 3.13. The third kappa shape index (κ3) is 6.33. The molecule has 21 heavy (non-hydrogen) atoms. The van der Waals surface area contributed by atoms with Gasteiger partial charge in [-0.2, -0.15) is 0 Å². The molecular weight excluding hydrogens is 363 g/mol. The van der Waals surface area contributed by atoms with E-state index in [1.807, 2.05) is 0 Å². The van der Waals surface area contributed by atoms with Crippen LogP contribution in [0.25, 0.3) is 0 Å². The van der Waals surface area contributed by atoms with Crippen LogP contribution in [0.4, 0.5) is 0 Å². The Labute approximate surface area is 135 Å². The van der Waals surface area contributed by atoms with E-state index in [9.17, 15) is 0 Å². The van der Waals surface area contributed by atoms with Crippen LogP contribution in [-0.4, -0.2) is 18.4 Å². The minimum absolute atomic E-state index is 0.545. The molecule has 0 heterocycles. The monoisotopic (exact) mass is 396 g/mol. The molecule has 1 aromatic carbocycles. The summed E-state index contributed by atoms with van der Waals surface area (Å²) in [5.41, 5.74) is 6.93. The van der Waals surface area contributed by atoms with E-state index in [2.05, 4.69) is 54.9 Å². The topological polar surface area (TPSA) is 38.0 Å². The van der Waals surface area contributed by atoms with E-state index in [0.29, 0.717) is 5.82 Å². The van der Waals surface area contributed by atoms with Gasteiger partial charge < -0.3 is 0 Å². The molecule has 118 valence electrons. The van der Waals surface area contributed by atoms with E-state index in [1.165, 1.54) is 40.1 Å². The molecule has 0 radical (unpaired) electrons. The van der Waals surface area contributed by atoms with Gasteiger partial charge in [-0.25, -0.2) is 0 Å². The van der Waals surface area contributed by atoms with Crippen molar-refractivity contribution in [2.24, 2.45) is 5.73 Å². The summed E-state index contributed by atoms with van der Waals surface area (Å²) in [6.45, 7) is 9.10. The number of unbranched alkanes of at least 4 members (excludes halogenated alkanes) is 2. The quantitative estimate of drug-likeness (QED) is 0.586. The van der Waals surface area contributed by atoms with E-state index >= 15 is 0 Å². The molecule has 0 spiro atoms. The van der Waals surface area contributed by atoms with Gasteiger partial charge in [0.05, 0.1) is 0 Å². The van der Waals surface area contributed by atoms with E-state index < -0.39 is 18.4 Å². The van der Waals surface area contributed by atoms with Crippen molar-refractivity contribution >= 4 is 22.0 Å². The maximum atomic E-state index is 5.60. The van der Waals surface area contributed by atoms with Gasteiger partial charge in [0.2, 0.25) is 0 Å². The fraction of sp³-hybridized carbons (Fsp3) is 0.556. The summed E-state index contributed by atoms with van der Waals surface area (Å²) < 4.78 is 4.63. The molecule has 0 atom stereocenters. The Bertz CT molecular complexity index is 435. The van der Waals surface area contributed by atoms with Crippen LogP contribution in [0.15, 0.2) is 36.7 Å². The van der Waals surface area contributed by atoms with Crippen molar-refractivity contribution in [2.45, 2.75) is 59.9 Å². The molecule has 1 rings (SSSR count). The minimum atomic E-state index is -2.17. The number of benzene rings is 1. The molecule has 0 bridgehead atoms. The van der Waals surface area contributed by atoms with Crippen molar-refractivity contribution < 1.29 is 0 Å². The molecule has 0 aliphatic heterocycles. The molecule has 3 N–H and O–H groups in total. The molecule has 0 aromatic heterocycles. The zero-order valence-electron chi connectivity index (χ0n) is 14.0. The van der Waals surface area contributed by atoms with Crippen molar-refractivity contribution in [1.82, 2.24) is 5.32 Å². The standard InChI is InChI=1S/C9H11N2.2C4H9.CH3.Sn/c1-8(10)11-7-9-5-3-2-4-6-9;2*1-3-4-2;;/h2-3,5-6,11H,1,7,10H2;2*1,3-4H2,2H3;1H3;. The molecule has 0 amide bonds. The number of hydrogen-bond donors (Lipinski definition) is 2. The fourth-order valence-corrected chi connectivity index (χ4v) is 14.6. The molecule has 0 aliphatic carbocycles. The van der Waals surface area contributed by atoms with Crippen LogP contribution in [0.3, 0.4) is 0 Å². The van der Waals surface area contributed by atoms with Gasteiger partial charge >= 0.3 is 135 Å². The molecule has 1 aromatic rings. The zero-order valence-corrected chi connectivity index (χ0v) is 16.9. The number of rotatable bonds is 10. The third-order valence-corrected chi connectivity index (χ3v) is 17.5. The second-order valence-corrected chi connectivity index (χ2v) is 19.8. The molecule has 2 nitrogen and oxygen atoms in total. The molecular formula is C18H32N2Sn. The van der Waals surface area contributed by atoms with Gasteiger partial charge in [0.15, 0.2) is 0 Å². The first-order valence-electron chi connectivity index (χ1n) is 8.29. The molecule has 0 aliphatic rings. The number of nitrogens with two attached hydrogens (primary N) is 1. The first-order valence-corrected chi connectivity index (χ1v) is 16.6. The number of hydrogen-bond acceptors (Lipinski definition) is 2. The van der Waals surface area contributed by atoms with Gasteiger partial charge in [0.1, 0.15) is 0 Å². The SMILES string of the molecule is C=C(N)NCc1ccc[c]([Sn]([CH3])([CH2]CCC)[CH2]CCC)c1. The average molecular weight is 395 g/mol. The second-order valence-electron chi connectivity index (χ2n) is 6.35. The molecule has 0 saturated heterocycles. The van der Waals surface area contributed by atoms with Crippen LogP contribution in [-0.2, 0) is 6.54 Å². The van der Waals surface area contributed by atoms with E-state index in [-0.39, 0.29) is 0 Å². The average Bonchev–Trinajstić information content (AvgIpc) is 2.49. The second kappa shape index (κ2) is 9.39.